The molecule has 1 aromatic heterocycles. The Hall–Kier alpha value is -2.86. The van der Waals surface area contributed by atoms with Crippen LogP contribution in [0.15, 0.2) is 46.9 Å². The zero-order chi connectivity index (χ0) is 18.7. The van der Waals surface area contributed by atoms with Gasteiger partial charge < -0.3 is 20.2 Å². The first-order valence-corrected chi connectivity index (χ1v) is 8.57. The van der Waals surface area contributed by atoms with Gasteiger partial charge in [-0.1, -0.05) is 13.8 Å². The first-order chi connectivity index (χ1) is 12.5. The Balaban J connectivity index is 1.74. The van der Waals surface area contributed by atoms with Crippen molar-refractivity contribution in [2.24, 2.45) is 11.7 Å². The highest BCUT2D eigenvalue weighted by Crippen LogP contribution is 2.27. The Morgan fingerprint density at radius 1 is 1.23 bits per heavy atom. The molecule has 0 bridgehead atoms. The van der Waals surface area contributed by atoms with Crippen LogP contribution in [0, 0.1) is 5.92 Å². The number of carbonyl (C=O) groups is 1. The summed E-state index contributed by atoms with van der Waals surface area (Å²) in [7, 11) is 1.61. The molecule has 0 aliphatic heterocycles. The minimum absolute atomic E-state index is 0.180. The molecule has 26 heavy (non-hydrogen) atoms. The van der Waals surface area contributed by atoms with Gasteiger partial charge in [0.25, 0.3) is 0 Å². The molecule has 0 aliphatic carbocycles. The first-order valence-electron chi connectivity index (χ1n) is 8.57. The second-order valence-corrected chi connectivity index (χ2v) is 6.66. The Labute approximate surface area is 152 Å². The summed E-state index contributed by atoms with van der Waals surface area (Å²) in [5, 5.41) is 2.84. The second-order valence-electron chi connectivity index (χ2n) is 6.66. The summed E-state index contributed by atoms with van der Waals surface area (Å²) in [5.41, 5.74) is 8.85. The van der Waals surface area contributed by atoms with Gasteiger partial charge in [0.1, 0.15) is 11.3 Å². The largest absolute Gasteiger partial charge is 0.497 e. The van der Waals surface area contributed by atoms with Crippen molar-refractivity contribution in [3.63, 3.8) is 0 Å². The molecule has 6 heteroatoms. The first kappa shape index (κ1) is 17.9. The average Bonchev–Trinajstić information content (AvgIpc) is 3.04. The second kappa shape index (κ2) is 7.58. The quantitative estimate of drug-likeness (QED) is 0.703. The predicted molar refractivity (Wildman–Crippen MR) is 102 cm³/mol. The zero-order valence-corrected chi connectivity index (χ0v) is 15.2. The molecule has 0 radical (unpaired) electrons. The van der Waals surface area contributed by atoms with Crippen LogP contribution < -0.4 is 15.8 Å². The lowest BCUT2D eigenvalue weighted by atomic mass is 10.0. The third-order valence-electron chi connectivity index (χ3n) is 4.06. The van der Waals surface area contributed by atoms with E-state index in [0.29, 0.717) is 29.5 Å². The van der Waals surface area contributed by atoms with Gasteiger partial charge in [0.2, 0.25) is 11.8 Å². The van der Waals surface area contributed by atoms with Crippen LogP contribution in [0.4, 0.5) is 5.69 Å². The standard InChI is InChI=1S/C20H23N3O3/c1-12(2)10-16(21)19(24)22-14-6-4-13(5-7-14)20-23-17-9-8-15(25-3)11-18(17)26-20/h4-9,11-12,16H,10,21H2,1-3H3,(H,22,24). The molecular weight excluding hydrogens is 330 g/mol. The van der Waals surface area contributed by atoms with Crippen molar-refractivity contribution in [2.75, 3.05) is 12.4 Å². The number of nitrogens with one attached hydrogen (secondary N) is 1. The van der Waals surface area contributed by atoms with E-state index in [2.05, 4.69) is 10.3 Å². The van der Waals surface area contributed by atoms with Crippen LogP contribution in [-0.2, 0) is 4.79 Å². The number of amides is 1. The number of carbonyl (C=O) groups excluding carboxylic acids is 1. The smallest absolute Gasteiger partial charge is 0.241 e. The van der Waals surface area contributed by atoms with Gasteiger partial charge in [0.15, 0.2) is 5.58 Å². The molecule has 3 aromatic rings. The lowest BCUT2D eigenvalue weighted by molar-refractivity contribution is -0.117. The van der Waals surface area contributed by atoms with Crippen molar-refractivity contribution in [3.05, 3.63) is 42.5 Å². The average molecular weight is 353 g/mol. The summed E-state index contributed by atoms with van der Waals surface area (Å²) < 4.78 is 11.0. The molecule has 0 fully saturated rings. The van der Waals surface area contributed by atoms with Crippen LogP contribution in [0.5, 0.6) is 5.75 Å². The number of hydrogen-bond donors (Lipinski definition) is 2. The van der Waals surface area contributed by atoms with Gasteiger partial charge in [-0.05, 0) is 48.7 Å². The van der Waals surface area contributed by atoms with Gasteiger partial charge >= 0.3 is 0 Å². The third kappa shape index (κ3) is 4.03. The molecule has 3 rings (SSSR count). The van der Waals surface area contributed by atoms with Crippen LogP contribution >= 0.6 is 0 Å². The van der Waals surface area contributed by atoms with Crippen LogP contribution in [0.1, 0.15) is 20.3 Å². The third-order valence-corrected chi connectivity index (χ3v) is 4.06. The van der Waals surface area contributed by atoms with E-state index in [1.165, 1.54) is 0 Å². The zero-order valence-electron chi connectivity index (χ0n) is 15.2. The number of methoxy groups -OCH3 is 1. The minimum Gasteiger partial charge on any atom is -0.497 e. The molecule has 0 spiro atoms. The van der Waals surface area contributed by atoms with Gasteiger partial charge in [0, 0.05) is 17.3 Å². The fourth-order valence-electron chi connectivity index (χ4n) is 2.70. The Morgan fingerprint density at radius 2 is 1.96 bits per heavy atom. The van der Waals surface area contributed by atoms with Gasteiger partial charge in [-0.2, -0.15) is 0 Å². The van der Waals surface area contributed by atoms with Gasteiger partial charge in [-0.3, -0.25) is 4.79 Å². The lowest BCUT2D eigenvalue weighted by Gasteiger charge is -2.14. The minimum atomic E-state index is -0.512. The van der Waals surface area contributed by atoms with E-state index in [-0.39, 0.29) is 5.91 Å². The lowest BCUT2D eigenvalue weighted by Crippen LogP contribution is -2.36. The number of ether oxygens (including phenoxy) is 1. The molecule has 1 atom stereocenters. The molecule has 6 nitrogen and oxygen atoms in total. The Morgan fingerprint density at radius 3 is 2.62 bits per heavy atom. The Kier molecular flexibility index (Phi) is 5.23. The van der Waals surface area contributed by atoms with E-state index < -0.39 is 6.04 Å². The maximum absolute atomic E-state index is 12.1. The van der Waals surface area contributed by atoms with Crippen molar-refractivity contribution in [1.29, 1.82) is 0 Å². The number of benzene rings is 2. The van der Waals surface area contributed by atoms with E-state index in [0.717, 1.165) is 16.8 Å². The van der Waals surface area contributed by atoms with Crippen molar-refractivity contribution in [3.8, 4) is 17.2 Å². The predicted octanol–water partition coefficient (Wildman–Crippen LogP) is 3.82. The summed E-state index contributed by atoms with van der Waals surface area (Å²) in [6, 6.07) is 12.3. The number of nitrogens with zero attached hydrogens (tertiary/aromatic N) is 1. The van der Waals surface area contributed by atoms with Crippen LogP contribution in [0.25, 0.3) is 22.6 Å². The van der Waals surface area contributed by atoms with Crippen LogP contribution in [0.2, 0.25) is 0 Å². The molecule has 1 amide bonds. The number of aromatic nitrogens is 1. The Bertz CT molecular complexity index is 900. The molecule has 1 heterocycles. The topological polar surface area (TPSA) is 90.4 Å². The summed E-state index contributed by atoms with van der Waals surface area (Å²) in [6.45, 7) is 4.08. The molecule has 2 aromatic carbocycles. The number of hydrogen-bond acceptors (Lipinski definition) is 5. The van der Waals surface area contributed by atoms with Crippen molar-refractivity contribution >= 4 is 22.7 Å². The van der Waals surface area contributed by atoms with Gasteiger partial charge in [-0.25, -0.2) is 4.98 Å². The van der Waals surface area contributed by atoms with E-state index in [1.807, 2.05) is 50.2 Å². The van der Waals surface area contributed by atoms with Gasteiger partial charge in [-0.15, -0.1) is 0 Å². The number of nitrogens with two attached hydrogens (primary N) is 1. The van der Waals surface area contributed by atoms with Gasteiger partial charge in [0.05, 0.1) is 13.2 Å². The van der Waals surface area contributed by atoms with E-state index in [9.17, 15) is 4.79 Å². The SMILES string of the molecule is COc1ccc2nc(-c3ccc(NC(=O)C(N)CC(C)C)cc3)oc2c1. The summed E-state index contributed by atoms with van der Waals surface area (Å²) in [4.78, 5) is 16.6. The molecule has 0 saturated heterocycles. The molecule has 0 saturated carbocycles. The van der Waals surface area contributed by atoms with E-state index in [1.54, 1.807) is 13.2 Å². The summed E-state index contributed by atoms with van der Waals surface area (Å²) >= 11 is 0. The molecular formula is C20H23N3O3. The fourth-order valence-corrected chi connectivity index (χ4v) is 2.70. The maximum atomic E-state index is 12.1. The molecule has 0 aliphatic rings. The number of rotatable bonds is 6. The fraction of sp³-hybridized carbons (Fsp3) is 0.300. The maximum Gasteiger partial charge on any atom is 0.241 e. The number of oxazole rings is 1. The van der Waals surface area contributed by atoms with Crippen molar-refractivity contribution < 1.29 is 13.9 Å². The highest BCUT2D eigenvalue weighted by molar-refractivity contribution is 5.94. The highest BCUT2D eigenvalue weighted by Gasteiger charge is 2.15. The summed E-state index contributed by atoms with van der Waals surface area (Å²) in [6.07, 6.45) is 0.649. The summed E-state index contributed by atoms with van der Waals surface area (Å²) in [5.74, 6) is 1.43. The van der Waals surface area contributed by atoms with Crippen LogP contribution in [0.3, 0.4) is 0 Å². The van der Waals surface area contributed by atoms with Crippen LogP contribution in [-0.4, -0.2) is 24.0 Å². The monoisotopic (exact) mass is 353 g/mol. The number of fused-ring (bicyclic) bond motifs is 1. The van der Waals surface area contributed by atoms with Crippen molar-refractivity contribution in [1.82, 2.24) is 4.98 Å². The molecule has 1 unspecified atom stereocenters. The normalized spacial score (nSPS) is 12.3. The molecule has 3 N–H and O–H groups in total. The van der Waals surface area contributed by atoms with Crippen molar-refractivity contribution in [2.45, 2.75) is 26.3 Å². The van der Waals surface area contributed by atoms with E-state index >= 15 is 0 Å². The van der Waals surface area contributed by atoms with E-state index in [4.69, 9.17) is 14.9 Å². The number of anilines is 1. The highest BCUT2D eigenvalue weighted by atomic mass is 16.5. The molecule has 136 valence electrons.